The summed E-state index contributed by atoms with van der Waals surface area (Å²) < 4.78 is 5.07. The van der Waals surface area contributed by atoms with Gasteiger partial charge < -0.3 is 9.84 Å². The van der Waals surface area contributed by atoms with Crippen molar-refractivity contribution in [2.75, 3.05) is 7.11 Å². The van der Waals surface area contributed by atoms with Crippen molar-refractivity contribution < 1.29 is 29.0 Å². The van der Waals surface area contributed by atoms with E-state index in [1.165, 1.54) is 37.5 Å². The van der Waals surface area contributed by atoms with Crippen LogP contribution in [-0.4, -0.2) is 40.9 Å². The van der Waals surface area contributed by atoms with Gasteiger partial charge in [0, 0.05) is 0 Å². The first-order chi connectivity index (χ1) is 13.4. The summed E-state index contributed by atoms with van der Waals surface area (Å²) >= 11 is 0. The molecule has 1 aliphatic rings. The normalized spacial score (nSPS) is 15.5. The number of urea groups is 1. The van der Waals surface area contributed by atoms with E-state index in [1.807, 2.05) is 0 Å². The van der Waals surface area contributed by atoms with E-state index in [9.17, 15) is 19.2 Å². The summed E-state index contributed by atoms with van der Waals surface area (Å²) in [5.74, 6) is -1.98. The molecule has 0 spiro atoms. The van der Waals surface area contributed by atoms with Gasteiger partial charge in [-0.25, -0.2) is 9.59 Å². The summed E-state index contributed by atoms with van der Waals surface area (Å²) in [5, 5.41) is 11.1. The zero-order valence-electron chi connectivity index (χ0n) is 14.8. The third kappa shape index (κ3) is 3.90. The number of benzene rings is 2. The molecule has 28 heavy (non-hydrogen) atoms. The van der Waals surface area contributed by atoms with Crippen LogP contribution < -0.4 is 10.1 Å². The number of imide groups is 2. The summed E-state index contributed by atoms with van der Waals surface area (Å²) in [6.07, 6.45) is 1.32. The van der Waals surface area contributed by atoms with Crippen LogP contribution in [-0.2, 0) is 16.1 Å². The van der Waals surface area contributed by atoms with E-state index < -0.39 is 23.8 Å². The van der Waals surface area contributed by atoms with Crippen molar-refractivity contribution in [1.82, 2.24) is 10.2 Å². The first kappa shape index (κ1) is 18.8. The summed E-state index contributed by atoms with van der Waals surface area (Å²) in [7, 11) is 1.53. The number of hydrogen-bond acceptors (Lipinski definition) is 5. The lowest BCUT2D eigenvalue weighted by atomic mass is 10.1. The van der Waals surface area contributed by atoms with Crippen molar-refractivity contribution in [3.63, 3.8) is 0 Å². The predicted octanol–water partition coefficient (Wildman–Crippen LogP) is 2.06. The Morgan fingerprint density at radius 3 is 2.29 bits per heavy atom. The SMILES string of the molecule is COc1ccc(CN2C(=O)NC(=O)/C(=C/c3ccc(C(=O)O)cc3)C2=O)cc1. The van der Waals surface area contributed by atoms with Crippen molar-refractivity contribution in [2.45, 2.75) is 6.54 Å². The molecule has 1 fully saturated rings. The van der Waals surface area contributed by atoms with Gasteiger partial charge in [-0.05, 0) is 41.5 Å². The molecule has 142 valence electrons. The van der Waals surface area contributed by atoms with Crippen LogP contribution >= 0.6 is 0 Å². The number of methoxy groups -OCH3 is 1. The van der Waals surface area contributed by atoms with E-state index in [4.69, 9.17) is 9.84 Å². The number of carbonyl (C=O) groups excluding carboxylic acids is 3. The minimum atomic E-state index is -1.08. The van der Waals surface area contributed by atoms with Gasteiger partial charge >= 0.3 is 12.0 Å². The van der Waals surface area contributed by atoms with E-state index in [-0.39, 0.29) is 17.7 Å². The van der Waals surface area contributed by atoms with E-state index in [1.54, 1.807) is 24.3 Å². The number of rotatable bonds is 5. The van der Waals surface area contributed by atoms with Gasteiger partial charge in [0.15, 0.2) is 0 Å². The number of carboxylic acid groups (broad SMARTS) is 1. The highest BCUT2D eigenvalue weighted by Gasteiger charge is 2.35. The van der Waals surface area contributed by atoms with Gasteiger partial charge in [0.1, 0.15) is 11.3 Å². The Morgan fingerprint density at radius 2 is 1.71 bits per heavy atom. The number of ether oxygens (including phenoxy) is 1. The number of nitrogens with zero attached hydrogens (tertiary/aromatic N) is 1. The van der Waals surface area contributed by atoms with Gasteiger partial charge in [-0.2, -0.15) is 0 Å². The fraction of sp³-hybridized carbons (Fsp3) is 0.100. The molecule has 0 aromatic heterocycles. The zero-order valence-corrected chi connectivity index (χ0v) is 14.8. The number of nitrogens with one attached hydrogen (secondary N) is 1. The minimum absolute atomic E-state index is 0.0166. The Kier molecular flexibility index (Phi) is 5.21. The summed E-state index contributed by atoms with van der Waals surface area (Å²) in [5.41, 5.74) is 1.01. The molecule has 3 rings (SSSR count). The van der Waals surface area contributed by atoms with Crippen molar-refractivity contribution in [1.29, 1.82) is 0 Å². The van der Waals surface area contributed by atoms with Gasteiger partial charge in [0.2, 0.25) is 0 Å². The molecule has 8 heteroatoms. The van der Waals surface area contributed by atoms with E-state index in [0.29, 0.717) is 16.9 Å². The van der Waals surface area contributed by atoms with Crippen LogP contribution in [0.4, 0.5) is 4.79 Å². The summed E-state index contributed by atoms with van der Waals surface area (Å²) in [6, 6.07) is 11.7. The van der Waals surface area contributed by atoms with Gasteiger partial charge in [-0.15, -0.1) is 0 Å². The number of carbonyl (C=O) groups is 4. The highest BCUT2D eigenvalue weighted by atomic mass is 16.5. The molecule has 0 bridgehead atoms. The quantitative estimate of drug-likeness (QED) is 0.606. The highest BCUT2D eigenvalue weighted by molar-refractivity contribution is 6.30. The minimum Gasteiger partial charge on any atom is -0.497 e. The van der Waals surface area contributed by atoms with Gasteiger partial charge in [0.05, 0.1) is 19.2 Å². The van der Waals surface area contributed by atoms with Crippen LogP contribution in [0.15, 0.2) is 54.1 Å². The third-order valence-electron chi connectivity index (χ3n) is 4.15. The fourth-order valence-electron chi connectivity index (χ4n) is 2.64. The average molecular weight is 380 g/mol. The first-order valence-corrected chi connectivity index (χ1v) is 8.24. The maximum absolute atomic E-state index is 12.7. The van der Waals surface area contributed by atoms with E-state index in [0.717, 1.165) is 4.90 Å². The standard InChI is InChI=1S/C20H16N2O6/c1-28-15-8-4-13(5-9-15)11-22-18(24)16(17(23)21-20(22)27)10-12-2-6-14(7-3-12)19(25)26/h2-10H,11H2,1H3,(H,25,26)(H,21,23,27)/b16-10-. The monoisotopic (exact) mass is 380 g/mol. The van der Waals surface area contributed by atoms with Gasteiger partial charge in [-0.1, -0.05) is 24.3 Å². The maximum Gasteiger partial charge on any atom is 0.335 e. The molecule has 0 atom stereocenters. The summed E-state index contributed by atoms with van der Waals surface area (Å²) in [4.78, 5) is 48.8. The first-order valence-electron chi connectivity index (χ1n) is 8.24. The Bertz CT molecular complexity index is 977. The van der Waals surface area contributed by atoms with Gasteiger partial charge in [0.25, 0.3) is 11.8 Å². The highest BCUT2D eigenvalue weighted by Crippen LogP contribution is 2.19. The fourth-order valence-corrected chi connectivity index (χ4v) is 2.64. The lowest BCUT2D eigenvalue weighted by Crippen LogP contribution is -2.53. The molecule has 2 aromatic rings. The summed E-state index contributed by atoms with van der Waals surface area (Å²) in [6.45, 7) is -0.0166. The van der Waals surface area contributed by atoms with Crippen molar-refractivity contribution in [3.05, 3.63) is 70.8 Å². The second kappa shape index (κ2) is 7.75. The van der Waals surface area contributed by atoms with E-state index >= 15 is 0 Å². The van der Waals surface area contributed by atoms with Crippen LogP contribution in [0.2, 0.25) is 0 Å². The van der Waals surface area contributed by atoms with Crippen molar-refractivity contribution in [3.8, 4) is 5.75 Å². The Morgan fingerprint density at radius 1 is 1.07 bits per heavy atom. The van der Waals surface area contributed by atoms with E-state index in [2.05, 4.69) is 5.32 Å². The van der Waals surface area contributed by atoms with Crippen LogP contribution in [0.25, 0.3) is 6.08 Å². The smallest absolute Gasteiger partial charge is 0.335 e. The Hall–Kier alpha value is -3.94. The molecule has 0 aliphatic carbocycles. The zero-order chi connectivity index (χ0) is 20.3. The molecule has 0 saturated carbocycles. The Labute approximate surface area is 160 Å². The molecule has 1 aliphatic heterocycles. The topological polar surface area (TPSA) is 113 Å². The number of amides is 4. The van der Waals surface area contributed by atoms with Crippen molar-refractivity contribution in [2.24, 2.45) is 0 Å². The largest absolute Gasteiger partial charge is 0.497 e. The lowest BCUT2D eigenvalue weighted by molar-refractivity contribution is -0.130. The molecule has 0 radical (unpaired) electrons. The molecular formula is C20H16N2O6. The molecule has 2 aromatic carbocycles. The van der Waals surface area contributed by atoms with Crippen LogP contribution in [0.5, 0.6) is 5.75 Å². The Balaban J connectivity index is 1.85. The average Bonchev–Trinajstić information content (AvgIpc) is 2.69. The van der Waals surface area contributed by atoms with Crippen molar-refractivity contribution >= 4 is 29.9 Å². The molecule has 1 saturated heterocycles. The number of aromatic carboxylic acids is 1. The number of hydrogen-bond donors (Lipinski definition) is 2. The maximum atomic E-state index is 12.7. The lowest BCUT2D eigenvalue weighted by Gasteiger charge is -2.26. The molecular weight excluding hydrogens is 364 g/mol. The predicted molar refractivity (Wildman–Crippen MR) is 98.5 cm³/mol. The third-order valence-corrected chi connectivity index (χ3v) is 4.15. The van der Waals surface area contributed by atoms with Crippen LogP contribution in [0.1, 0.15) is 21.5 Å². The molecule has 2 N–H and O–H groups in total. The molecule has 4 amide bonds. The number of carboxylic acids is 1. The second-order valence-electron chi connectivity index (χ2n) is 5.98. The van der Waals surface area contributed by atoms with Gasteiger partial charge in [-0.3, -0.25) is 19.8 Å². The molecule has 0 unspecified atom stereocenters. The second-order valence-corrected chi connectivity index (χ2v) is 5.98. The molecule has 8 nitrogen and oxygen atoms in total. The number of barbiturate groups is 1. The van der Waals surface area contributed by atoms with Crippen LogP contribution in [0.3, 0.4) is 0 Å². The van der Waals surface area contributed by atoms with Crippen LogP contribution in [0, 0.1) is 0 Å². The molecule has 1 heterocycles.